The zero-order valence-corrected chi connectivity index (χ0v) is 9.57. The van der Waals surface area contributed by atoms with Crippen LogP contribution in [0.15, 0.2) is 18.3 Å². The molecule has 0 radical (unpaired) electrons. The summed E-state index contributed by atoms with van der Waals surface area (Å²) in [5, 5.41) is 9.34. The summed E-state index contributed by atoms with van der Waals surface area (Å²) in [5.74, 6) is -0.343. The van der Waals surface area contributed by atoms with Gasteiger partial charge in [0.25, 0.3) is 0 Å². The lowest BCUT2D eigenvalue weighted by atomic mass is 9.68. The number of aromatic nitrogens is 2. The average molecular weight is 229 g/mol. The van der Waals surface area contributed by atoms with Crippen LogP contribution in [0.5, 0.6) is 0 Å². The summed E-state index contributed by atoms with van der Waals surface area (Å²) < 4.78 is 15.1. The fourth-order valence-electron chi connectivity index (χ4n) is 2.59. The number of pyridine rings is 1. The van der Waals surface area contributed by atoms with Crippen molar-refractivity contribution >= 4 is 11.0 Å². The van der Waals surface area contributed by atoms with Gasteiger partial charge in [-0.1, -0.05) is 0 Å². The van der Waals surface area contributed by atoms with Crippen LogP contribution < -0.4 is 0 Å². The second-order valence-corrected chi connectivity index (χ2v) is 4.69. The smallest absolute Gasteiger partial charge is 0.143 e. The predicted molar refractivity (Wildman–Crippen MR) is 61.8 cm³/mol. The van der Waals surface area contributed by atoms with Gasteiger partial charge in [-0.05, 0) is 25.3 Å². The highest BCUT2D eigenvalue weighted by atomic mass is 19.1. The third-order valence-corrected chi connectivity index (χ3v) is 3.77. The zero-order chi connectivity index (χ0) is 12.0. The van der Waals surface area contributed by atoms with Crippen LogP contribution in [0, 0.1) is 17.1 Å². The van der Waals surface area contributed by atoms with Crippen LogP contribution in [0.1, 0.15) is 25.0 Å². The minimum atomic E-state index is -0.383. The third kappa shape index (κ3) is 1.29. The molecule has 2 aromatic rings. The van der Waals surface area contributed by atoms with Gasteiger partial charge in [-0.2, -0.15) is 5.26 Å². The molecular weight excluding hydrogens is 217 g/mol. The highest BCUT2D eigenvalue weighted by Gasteiger charge is 2.41. The molecule has 1 aliphatic carbocycles. The summed E-state index contributed by atoms with van der Waals surface area (Å²) in [6.07, 6.45) is 4.06. The molecule has 3 rings (SSSR count). The highest BCUT2D eigenvalue weighted by Crippen LogP contribution is 2.44. The van der Waals surface area contributed by atoms with Crippen LogP contribution in [0.3, 0.4) is 0 Å². The van der Waals surface area contributed by atoms with Crippen LogP contribution in [-0.2, 0) is 12.5 Å². The molecule has 1 aliphatic rings. The van der Waals surface area contributed by atoms with Crippen molar-refractivity contribution in [2.45, 2.75) is 24.7 Å². The van der Waals surface area contributed by atoms with Crippen molar-refractivity contribution in [3.05, 3.63) is 29.8 Å². The number of hydrogen-bond acceptors (Lipinski definition) is 2. The number of aryl methyl sites for hydroxylation is 1. The van der Waals surface area contributed by atoms with Crippen LogP contribution in [-0.4, -0.2) is 9.55 Å². The number of halogens is 1. The van der Waals surface area contributed by atoms with Gasteiger partial charge in [0, 0.05) is 18.8 Å². The van der Waals surface area contributed by atoms with Gasteiger partial charge in [-0.15, -0.1) is 0 Å². The van der Waals surface area contributed by atoms with Gasteiger partial charge in [-0.3, -0.25) is 4.98 Å². The van der Waals surface area contributed by atoms with Crippen molar-refractivity contribution < 1.29 is 4.39 Å². The Morgan fingerprint density at radius 2 is 2.24 bits per heavy atom. The van der Waals surface area contributed by atoms with Crippen LogP contribution in [0.25, 0.3) is 11.0 Å². The van der Waals surface area contributed by atoms with Crippen molar-refractivity contribution in [2.75, 3.05) is 0 Å². The topological polar surface area (TPSA) is 41.6 Å². The Labute approximate surface area is 98.5 Å². The van der Waals surface area contributed by atoms with E-state index in [-0.39, 0.29) is 11.2 Å². The molecular formula is C13H12FN3. The molecule has 2 aromatic heterocycles. The van der Waals surface area contributed by atoms with Gasteiger partial charge in [0.2, 0.25) is 0 Å². The standard InChI is InChI=1S/C13H12FN3/c1-17-11-5-9(14)7-16-10(11)6-12(17)13(8-15)3-2-4-13/h5-7H,2-4H2,1H3. The van der Waals surface area contributed by atoms with Gasteiger partial charge in [0.15, 0.2) is 0 Å². The molecule has 0 aliphatic heterocycles. The lowest BCUT2D eigenvalue weighted by Crippen LogP contribution is -2.34. The highest BCUT2D eigenvalue weighted by molar-refractivity contribution is 5.77. The van der Waals surface area contributed by atoms with Crippen molar-refractivity contribution in [1.82, 2.24) is 9.55 Å². The van der Waals surface area contributed by atoms with Crippen LogP contribution in [0.4, 0.5) is 4.39 Å². The van der Waals surface area contributed by atoms with Crippen LogP contribution in [0.2, 0.25) is 0 Å². The summed E-state index contributed by atoms with van der Waals surface area (Å²) >= 11 is 0. The number of nitrogens with zero attached hydrogens (tertiary/aromatic N) is 3. The fraction of sp³-hybridized carbons (Fsp3) is 0.385. The zero-order valence-electron chi connectivity index (χ0n) is 9.57. The van der Waals surface area contributed by atoms with Crippen molar-refractivity contribution in [2.24, 2.45) is 7.05 Å². The molecule has 0 spiro atoms. The van der Waals surface area contributed by atoms with E-state index in [9.17, 15) is 9.65 Å². The summed E-state index contributed by atoms with van der Waals surface area (Å²) in [5.41, 5.74) is 2.08. The Kier molecular flexibility index (Phi) is 1.99. The minimum absolute atomic E-state index is 0.343. The molecule has 0 amide bonds. The monoisotopic (exact) mass is 229 g/mol. The number of fused-ring (bicyclic) bond motifs is 1. The van der Waals surface area contributed by atoms with Crippen LogP contribution >= 0.6 is 0 Å². The molecule has 1 saturated carbocycles. The first-order valence-corrected chi connectivity index (χ1v) is 5.69. The maximum Gasteiger partial charge on any atom is 0.143 e. The van der Waals surface area contributed by atoms with Crippen molar-refractivity contribution in [3.63, 3.8) is 0 Å². The number of rotatable bonds is 1. The number of nitriles is 1. The molecule has 2 heterocycles. The molecule has 1 fully saturated rings. The third-order valence-electron chi connectivity index (χ3n) is 3.77. The molecule has 4 heteroatoms. The van der Waals surface area contributed by atoms with Gasteiger partial charge in [0.05, 0.1) is 28.7 Å². The lowest BCUT2D eigenvalue weighted by molar-refractivity contribution is 0.310. The quantitative estimate of drug-likeness (QED) is 0.754. The Morgan fingerprint density at radius 3 is 2.82 bits per heavy atom. The molecule has 0 bridgehead atoms. The summed E-state index contributed by atoms with van der Waals surface area (Å²) in [7, 11) is 1.87. The maximum absolute atomic E-state index is 13.2. The largest absolute Gasteiger partial charge is 0.345 e. The van der Waals surface area contributed by atoms with Crippen molar-refractivity contribution in [3.8, 4) is 6.07 Å². The van der Waals surface area contributed by atoms with Gasteiger partial charge < -0.3 is 4.57 Å². The SMILES string of the molecule is Cn1c(C2(C#N)CCC2)cc2ncc(F)cc21. The van der Waals surface area contributed by atoms with E-state index in [1.807, 2.05) is 17.7 Å². The molecule has 0 unspecified atom stereocenters. The fourth-order valence-corrected chi connectivity index (χ4v) is 2.59. The number of hydrogen-bond donors (Lipinski definition) is 0. The summed E-state index contributed by atoms with van der Waals surface area (Å²) in [4.78, 5) is 4.06. The molecule has 17 heavy (non-hydrogen) atoms. The van der Waals surface area contributed by atoms with E-state index in [2.05, 4.69) is 11.1 Å². The molecule has 3 nitrogen and oxygen atoms in total. The first-order valence-electron chi connectivity index (χ1n) is 5.69. The normalized spacial score (nSPS) is 17.7. The van der Waals surface area contributed by atoms with E-state index < -0.39 is 0 Å². The van der Waals surface area contributed by atoms with Crippen molar-refractivity contribution in [1.29, 1.82) is 5.26 Å². The Balaban J connectivity index is 2.25. The van der Waals surface area contributed by atoms with E-state index in [0.29, 0.717) is 0 Å². The minimum Gasteiger partial charge on any atom is -0.345 e. The molecule has 0 N–H and O–H groups in total. The van der Waals surface area contributed by atoms with E-state index >= 15 is 0 Å². The Bertz CT molecular complexity index is 632. The molecule has 0 atom stereocenters. The van der Waals surface area contributed by atoms with Gasteiger partial charge >= 0.3 is 0 Å². The molecule has 0 aromatic carbocycles. The molecule has 86 valence electrons. The maximum atomic E-state index is 13.2. The van der Waals surface area contributed by atoms with E-state index in [0.717, 1.165) is 36.0 Å². The summed E-state index contributed by atoms with van der Waals surface area (Å²) in [6, 6.07) is 5.79. The Morgan fingerprint density at radius 1 is 1.47 bits per heavy atom. The predicted octanol–water partition coefficient (Wildman–Crippen LogP) is 2.66. The lowest BCUT2D eigenvalue weighted by Gasteiger charge is -2.35. The van der Waals surface area contributed by atoms with Gasteiger partial charge in [0.1, 0.15) is 5.82 Å². The van der Waals surface area contributed by atoms with E-state index in [1.54, 1.807) is 0 Å². The molecule has 0 saturated heterocycles. The average Bonchev–Trinajstić information content (AvgIpc) is 2.57. The second-order valence-electron chi connectivity index (χ2n) is 4.69. The van der Waals surface area contributed by atoms with E-state index in [1.165, 1.54) is 12.3 Å². The second kappa shape index (κ2) is 3.30. The summed E-state index contributed by atoms with van der Waals surface area (Å²) in [6.45, 7) is 0. The first kappa shape index (κ1) is 10.3. The van der Waals surface area contributed by atoms with E-state index in [4.69, 9.17) is 0 Å². The van der Waals surface area contributed by atoms with Gasteiger partial charge in [-0.25, -0.2) is 4.39 Å². The first-order chi connectivity index (χ1) is 8.16. The Hall–Kier alpha value is -1.89.